The molecule has 0 unspecified atom stereocenters. The Hall–Kier alpha value is -0.780. The number of rotatable bonds is 2. The van der Waals surface area contributed by atoms with Crippen LogP contribution >= 0.6 is 15.9 Å². The molecular weight excluding hydrogens is 268 g/mol. The molecule has 0 aliphatic heterocycles. The molecule has 1 aromatic carbocycles. The van der Waals surface area contributed by atoms with Crippen LogP contribution in [0.5, 0.6) is 5.75 Å². The zero-order chi connectivity index (χ0) is 10.8. The number of ether oxygens (including phenoxy) is 1. The van der Waals surface area contributed by atoms with Crippen LogP contribution in [0, 0.1) is 5.82 Å². The van der Waals surface area contributed by atoms with Gasteiger partial charge in [0.25, 0.3) is 0 Å². The minimum atomic E-state index is -4.86. The molecule has 0 bridgehead atoms. The van der Waals surface area contributed by atoms with Crippen LogP contribution in [0.4, 0.5) is 17.6 Å². The number of halogens is 5. The van der Waals surface area contributed by atoms with Crippen LogP contribution < -0.4 is 4.74 Å². The van der Waals surface area contributed by atoms with Crippen molar-refractivity contribution in [1.29, 1.82) is 0 Å². The topological polar surface area (TPSA) is 9.23 Å². The maximum Gasteiger partial charge on any atom is 0.573 e. The summed E-state index contributed by atoms with van der Waals surface area (Å²) in [4.78, 5) is 0. The van der Waals surface area contributed by atoms with Gasteiger partial charge in [0.15, 0.2) is 11.6 Å². The molecular formula is C8H5BrF4O. The van der Waals surface area contributed by atoms with Gasteiger partial charge in [-0.15, -0.1) is 13.2 Å². The highest BCUT2D eigenvalue weighted by Crippen LogP contribution is 2.26. The van der Waals surface area contributed by atoms with E-state index >= 15 is 0 Å². The largest absolute Gasteiger partial charge is 0.573 e. The van der Waals surface area contributed by atoms with Gasteiger partial charge in [-0.2, -0.15) is 0 Å². The van der Waals surface area contributed by atoms with Gasteiger partial charge in [-0.3, -0.25) is 0 Å². The van der Waals surface area contributed by atoms with E-state index in [2.05, 4.69) is 20.7 Å². The standard InChI is InChI=1S/C8H5BrF4O/c9-4-5-1-2-7(6(10)3-5)14-8(11,12)13/h1-3H,4H2. The highest BCUT2D eigenvalue weighted by Gasteiger charge is 2.32. The van der Waals surface area contributed by atoms with Gasteiger partial charge in [-0.25, -0.2) is 4.39 Å². The molecule has 1 nitrogen and oxygen atoms in total. The predicted molar refractivity (Wildman–Crippen MR) is 45.7 cm³/mol. The fraction of sp³-hybridized carbons (Fsp3) is 0.250. The first-order valence-electron chi connectivity index (χ1n) is 3.52. The van der Waals surface area contributed by atoms with E-state index in [9.17, 15) is 17.6 Å². The second-order valence-electron chi connectivity index (χ2n) is 2.45. The Morgan fingerprint density at radius 2 is 1.93 bits per heavy atom. The van der Waals surface area contributed by atoms with Crippen molar-refractivity contribution >= 4 is 15.9 Å². The Balaban J connectivity index is 2.89. The van der Waals surface area contributed by atoms with Crippen LogP contribution in [0.1, 0.15) is 5.56 Å². The molecule has 0 fully saturated rings. The number of alkyl halides is 4. The molecule has 0 N–H and O–H groups in total. The maximum absolute atomic E-state index is 12.9. The summed E-state index contributed by atoms with van der Waals surface area (Å²) in [5.74, 6) is -1.85. The third kappa shape index (κ3) is 3.17. The van der Waals surface area contributed by atoms with Crippen LogP contribution in [0.3, 0.4) is 0 Å². The zero-order valence-corrected chi connectivity index (χ0v) is 8.32. The molecule has 0 atom stereocenters. The summed E-state index contributed by atoms with van der Waals surface area (Å²) < 4.78 is 51.5. The van der Waals surface area contributed by atoms with Gasteiger partial charge < -0.3 is 4.74 Å². The summed E-state index contributed by atoms with van der Waals surface area (Å²) in [7, 11) is 0. The van der Waals surface area contributed by atoms with Crippen LogP contribution in [0.2, 0.25) is 0 Å². The summed E-state index contributed by atoms with van der Waals surface area (Å²) in [6.45, 7) is 0. The molecule has 1 rings (SSSR count). The lowest BCUT2D eigenvalue weighted by Gasteiger charge is -2.09. The first kappa shape index (κ1) is 11.3. The van der Waals surface area contributed by atoms with Crippen molar-refractivity contribution in [3.63, 3.8) is 0 Å². The van der Waals surface area contributed by atoms with Crippen LogP contribution in [0.15, 0.2) is 18.2 Å². The molecule has 6 heteroatoms. The highest BCUT2D eigenvalue weighted by molar-refractivity contribution is 9.08. The van der Waals surface area contributed by atoms with E-state index in [1.807, 2.05) is 0 Å². The maximum atomic E-state index is 12.9. The molecule has 0 saturated carbocycles. The normalized spacial score (nSPS) is 11.5. The van der Waals surface area contributed by atoms with Gasteiger partial charge in [0.2, 0.25) is 0 Å². The minimum absolute atomic E-state index is 0.371. The molecule has 0 heterocycles. The van der Waals surface area contributed by atoms with Gasteiger partial charge in [0.05, 0.1) is 0 Å². The van der Waals surface area contributed by atoms with Crippen LogP contribution in [-0.4, -0.2) is 6.36 Å². The molecule has 0 saturated heterocycles. The lowest BCUT2D eigenvalue weighted by Crippen LogP contribution is -2.17. The Bertz CT molecular complexity index is 324. The smallest absolute Gasteiger partial charge is 0.403 e. The predicted octanol–water partition coefficient (Wildman–Crippen LogP) is 3.62. The van der Waals surface area contributed by atoms with E-state index in [4.69, 9.17) is 0 Å². The summed E-state index contributed by atoms with van der Waals surface area (Å²) in [5, 5.41) is 0.371. The molecule has 0 amide bonds. The average molecular weight is 273 g/mol. The third-order valence-electron chi connectivity index (χ3n) is 1.38. The Morgan fingerprint density at radius 1 is 1.29 bits per heavy atom. The van der Waals surface area contributed by atoms with E-state index in [0.29, 0.717) is 10.9 Å². The van der Waals surface area contributed by atoms with Gasteiger partial charge in [-0.1, -0.05) is 22.0 Å². The fourth-order valence-corrected chi connectivity index (χ4v) is 1.18. The van der Waals surface area contributed by atoms with Crippen LogP contribution in [-0.2, 0) is 5.33 Å². The van der Waals surface area contributed by atoms with E-state index in [1.54, 1.807) is 0 Å². The fourth-order valence-electron chi connectivity index (χ4n) is 0.835. The van der Waals surface area contributed by atoms with Gasteiger partial charge >= 0.3 is 6.36 Å². The molecule has 0 aliphatic rings. The first-order chi connectivity index (χ1) is 6.42. The van der Waals surface area contributed by atoms with Crippen LogP contribution in [0.25, 0.3) is 0 Å². The lowest BCUT2D eigenvalue weighted by atomic mass is 10.2. The van der Waals surface area contributed by atoms with Gasteiger partial charge in [-0.05, 0) is 17.7 Å². The first-order valence-corrected chi connectivity index (χ1v) is 4.64. The van der Waals surface area contributed by atoms with E-state index < -0.39 is 17.9 Å². The van der Waals surface area contributed by atoms with E-state index in [0.717, 1.165) is 12.1 Å². The second kappa shape index (κ2) is 4.16. The third-order valence-corrected chi connectivity index (χ3v) is 2.02. The Kier molecular flexibility index (Phi) is 3.36. The lowest BCUT2D eigenvalue weighted by molar-refractivity contribution is -0.275. The quantitative estimate of drug-likeness (QED) is 0.590. The molecule has 0 aromatic heterocycles. The molecule has 78 valence electrons. The summed E-state index contributed by atoms with van der Waals surface area (Å²) in [6, 6.07) is 3.27. The van der Waals surface area contributed by atoms with E-state index in [1.165, 1.54) is 6.07 Å². The second-order valence-corrected chi connectivity index (χ2v) is 3.01. The molecule has 0 radical (unpaired) electrons. The minimum Gasteiger partial charge on any atom is -0.403 e. The van der Waals surface area contributed by atoms with Gasteiger partial charge in [0, 0.05) is 5.33 Å². The van der Waals surface area contributed by atoms with Gasteiger partial charge in [0.1, 0.15) is 0 Å². The number of hydrogen-bond donors (Lipinski definition) is 0. The highest BCUT2D eigenvalue weighted by atomic mass is 79.9. The SMILES string of the molecule is Fc1cc(CBr)ccc1OC(F)(F)F. The summed E-state index contributed by atoms with van der Waals surface area (Å²) in [6.07, 6.45) is -4.86. The summed E-state index contributed by atoms with van der Waals surface area (Å²) in [5.41, 5.74) is 0.539. The van der Waals surface area contributed by atoms with Crippen molar-refractivity contribution in [3.8, 4) is 5.75 Å². The van der Waals surface area contributed by atoms with Crippen molar-refractivity contribution in [2.45, 2.75) is 11.7 Å². The van der Waals surface area contributed by atoms with E-state index in [-0.39, 0.29) is 0 Å². The molecule has 0 spiro atoms. The molecule has 1 aromatic rings. The number of hydrogen-bond acceptors (Lipinski definition) is 1. The molecule has 14 heavy (non-hydrogen) atoms. The van der Waals surface area contributed by atoms with Crippen molar-refractivity contribution in [1.82, 2.24) is 0 Å². The van der Waals surface area contributed by atoms with Crippen molar-refractivity contribution in [3.05, 3.63) is 29.6 Å². The van der Waals surface area contributed by atoms with Crippen molar-refractivity contribution in [2.75, 3.05) is 0 Å². The average Bonchev–Trinajstić information content (AvgIpc) is 2.06. The Morgan fingerprint density at radius 3 is 2.36 bits per heavy atom. The van der Waals surface area contributed by atoms with Crippen molar-refractivity contribution in [2.24, 2.45) is 0 Å². The monoisotopic (exact) mass is 272 g/mol. The summed E-state index contributed by atoms with van der Waals surface area (Å²) >= 11 is 3.05. The van der Waals surface area contributed by atoms with Crippen molar-refractivity contribution < 1.29 is 22.3 Å². The zero-order valence-electron chi connectivity index (χ0n) is 6.74. The Labute approximate surface area is 85.8 Å². The number of benzene rings is 1. The molecule has 0 aliphatic carbocycles.